The number of hydrogen-bond acceptors (Lipinski definition) is 5. The van der Waals surface area contributed by atoms with Gasteiger partial charge >= 0.3 is 0 Å². The number of fused-ring (bicyclic) bond motifs is 1. The fraction of sp³-hybridized carbons (Fsp3) is 0.160. The maximum Gasteiger partial charge on any atom is 0.270 e. The number of rotatable bonds is 7. The molecular formula is C25H22FN5O3. The molecule has 2 amide bonds. The molecule has 4 rings (SSSR count). The van der Waals surface area contributed by atoms with Gasteiger partial charge in [0.2, 0.25) is 0 Å². The fourth-order valence-electron chi connectivity index (χ4n) is 3.57. The Morgan fingerprint density at radius 2 is 1.59 bits per heavy atom. The first-order chi connectivity index (χ1) is 16.3. The summed E-state index contributed by atoms with van der Waals surface area (Å²) in [5.41, 5.74) is 3.58. The maximum atomic E-state index is 13.1. The molecule has 0 saturated heterocycles. The van der Waals surface area contributed by atoms with E-state index >= 15 is 0 Å². The van der Waals surface area contributed by atoms with Gasteiger partial charge in [0.1, 0.15) is 17.2 Å². The number of nitrogens with zero attached hydrogens (tertiary/aromatic N) is 3. The molecule has 2 aromatic carbocycles. The van der Waals surface area contributed by atoms with E-state index in [9.17, 15) is 18.8 Å². The summed E-state index contributed by atoms with van der Waals surface area (Å²) < 4.78 is 14.4. The molecule has 172 valence electrons. The second-order valence-corrected chi connectivity index (χ2v) is 7.83. The number of amides is 2. The van der Waals surface area contributed by atoms with Crippen molar-refractivity contribution in [2.24, 2.45) is 0 Å². The Morgan fingerprint density at radius 3 is 2.29 bits per heavy atom. The number of nitrogens with one attached hydrogen (secondary N) is 2. The summed E-state index contributed by atoms with van der Waals surface area (Å²) in [5, 5.41) is 9.68. The van der Waals surface area contributed by atoms with Crippen LogP contribution in [0.3, 0.4) is 0 Å². The third-order valence-corrected chi connectivity index (χ3v) is 5.31. The van der Waals surface area contributed by atoms with Gasteiger partial charge in [0, 0.05) is 30.8 Å². The highest BCUT2D eigenvalue weighted by atomic mass is 19.1. The van der Waals surface area contributed by atoms with Gasteiger partial charge in [-0.25, -0.2) is 13.9 Å². The summed E-state index contributed by atoms with van der Waals surface area (Å²) in [4.78, 5) is 41.5. The first kappa shape index (κ1) is 22.8. The maximum absolute atomic E-state index is 13.1. The lowest BCUT2D eigenvalue weighted by Gasteiger charge is -2.11. The molecule has 2 N–H and O–H groups in total. The van der Waals surface area contributed by atoms with Crippen molar-refractivity contribution in [3.8, 4) is 0 Å². The van der Waals surface area contributed by atoms with Crippen LogP contribution < -0.4 is 10.6 Å². The lowest BCUT2D eigenvalue weighted by Crippen LogP contribution is -2.28. The van der Waals surface area contributed by atoms with Crippen LogP contribution in [0.5, 0.6) is 0 Å². The molecule has 0 bridgehead atoms. The highest BCUT2D eigenvalue weighted by molar-refractivity contribution is 5.98. The zero-order valence-electron chi connectivity index (χ0n) is 18.6. The SMILES string of the molecule is CC(=O)c1ccc(CNC(=O)c2cc(C(=O)NCc3ccc(F)cc3)nc3ccnn23)cc1C. The fourth-order valence-corrected chi connectivity index (χ4v) is 3.57. The van der Waals surface area contributed by atoms with Gasteiger partial charge in [0.05, 0.1) is 6.20 Å². The Morgan fingerprint density at radius 1 is 0.912 bits per heavy atom. The number of halogens is 1. The number of Topliss-reactive ketones (excluding diaryl/α,β-unsaturated/α-hetero) is 1. The molecule has 0 saturated carbocycles. The first-order valence-electron chi connectivity index (χ1n) is 10.6. The summed E-state index contributed by atoms with van der Waals surface area (Å²) in [6.07, 6.45) is 1.49. The van der Waals surface area contributed by atoms with Crippen molar-refractivity contribution in [2.45, 2.75) is 26.9 Å². The second-order valence-electron chi connectivity index (χ2n) is 7.83. The van der Waals surface area contributed by atoms with Gasteiger partial charge in [0.15, 0.2) is 11.4 Å². The van der Waals surface area contributed by atoms with Gasteiger partial charge in [-0.3, -0.25) is 14.4 Å². The van der Waals surface area contributed by atoms with E-state index in [4.69, 9.17) is 0 Å². The third-order valence-electron chi connectivity index (χ3n) is 5.31. The molecule has 0 atom stereocenters. The Bertz CT molecular complexity index is 1400. The summed E-state index contributed by atoms with van der Waals surface area (Å²) in [6.45, 7) is 3.77. The van der Waals surface area contributed by atoms with Crippen LogP contribution in [0, 0.1) is 12.7 Å². The topological polar surface area (TPSA) is 105 Å². The summed E-state index contributed by atoms with van der Waals surface area (Å²) in [6, 6.07) is 14.1. The molecule has 0 aliphatic heterocycles. The van der Waals surface area contributed by atoms with Crippen molar-refractivity contribution in [3.05, 3.63) is 100 Å². The molecule has 2 aromatic heterocycles. The van der Waals surface area contributed by atoms with Gasteiger partial charge < -0.3 is 10.6 Å². The Kier molecular flexibility index (Phi) is 6.44. The van der Waals surface area contributed by atoms with E-state index in [2.05, 4.69) is 20.7 Å². The van der Waals surface area contributed by atoms with E-state index < -0.39 is 11.8 Å². The van der Waals surface area contributed by atoms with Crippen LogP contribution in [-0.2, 0) is 13.1 Å². The van der Waals surface area contributed by atoms with Crippen LogP contribution in [0.25, 0.3) is 5.65 Å². The van der Waals surface area contributed by atoms with Crippen LogP contribution in [0.15, 0.2) is 60.8 Å². The standard InChI is InChI=1S/C25H22FN5O3/c1-15-11-18(5-8-20(15)16(2)32)14-28-25(34)22-12-21(30-23-9-10-29-31(22)23)24(33)27-13-17-3-6-19(26)7-4-17/h3-12H,13-14H2,1-2H3,(H,27,33)(H,28,34). The van der Waals surface area contributed by atoms with Crippen LogP contribution in [-0.4, -0.2) is 32.2 Å². The normalized spacial score (nSPS) is 10.8. The Balaban J connectivity index is 1.50. The molecule has 2 heterocycles. The summed E-state index contributed by atoms with van der Waals surface area (Å²) in [7, 11) is 0. The molecule has 0 aliphatic carbocycles. The first-order valence-corrected chi connectivity index (χ1v) is 10.6. The number of carbonyl (C=O) groups is 3. The van der Waals surface area contributed by atoms with Crippen molar-refractivity contribution < 1.29 is 18.8 Å². The highest BCUT2D eigenvalue weighted by Crippen LogP contribution is 2.13. The molecule has 9 heteroatoms. The molecule has 8 nitrogen and oxygen atoms in total. The predicted octanol–water partition coefficient (Wildman–Crippen LogP) is 3.24. The quantitative estimate of drug-likeness (QED) is 0.413. The number of ketones is 1. The van der Waals surface area contributed by atoms with Gasteiger partial charge in [-0.05, 0) is 42.7 Å². The van der Waals surface area contributed by atoms with Gasteiger partial charge in [-0.15, -0.1) is 0 Å². The molecule has 4 aromatic rings. The number of hydrogen-bond donors (Lipinski definition) is 2. The van der Waals surface area contributed by atoms with Gasteiger partial charge in [-0.2, -0.15) is 5.10 Å². The zero-order valence-corrected chi connectivity index (χ0v) is 18.6. The van der Waals surface area contributed by atoms with Crippen molar-refractivity contribution in [2.75, 3.05) is 0 Å². The minimum atomic E-state index is -0.475. The molecule has 0 spiro atoms. The summed E-state index contributed by atoms with van der Waals surface area (Å²) >= 11 is 0. The van der Waals surface area contributed by atoms with Crippen molar-refractivity contribution >= 4 is 23.2 Å². The molecule has 0 radical (unpaired) electrons. The van der Waals surface area contributed by atoms with Crippen molar-refractivity contribution in [1.82, 2.24) is 25.2 Å². The zero-order chi connectivity index (χ0) is 24.2. The van der Waals surface area contributed by atoms with Crippen molar-refractivity contribution in [3.63, 3.8) is 0 Å². The largest absolute Gasteiger partial charge is 0.347 e. The number of aryl methyl sites for hydroxylation is 1. The number of aromatic nitrogens is 3. The minimum absolute atomic E-state index is 0.0174. The van der Waals surface area contributed by atoms with Crippen LogP contribution in [0.2, 0.25) is 0 Å². The molecule has 0 unspecified atom stereocenters. The van der Waals surface area contributed by atoms with E-state index in [-0.39, 0.29) is 36.1 Å². The predicted molar refractivity (Wildman–Crippen MR) is 123 cm³/mol. The van der Waals surface area contributed by atoms with E-state index in [0.29, 0.717) is 11.2 Å². The van der Waals surface area contributed by atoms with E-state index in [0.717, 1.165) is 16.7 Å². The third kappa shape index (κ3) is 4.98. The Hall–Kier alpha value is -4.40. The molecule has 0 fully saturated rings. The lowest BCUT2D eigenvalue weighted by molar-refractivity contribution is 0.0940. The Labute approximate surface area is 194 Å². The highest BCUT2D eigenvalue weighted by Gasteiger charge is 2.18. The molecule has 34 heavy (non-hydrogen) atoms. The van der Waals surface area contributed by atoms with E-state index in [1.165, 1.54) is 35.8 Å². The monoisotopic (exact) mass is 459 g/mol. The molecular weight excluding hydrogens is 437 g/mol. The van der Waals surface area contributed by atoms with Crippen molar-refractivity contribution in [1.29, 1.82) is 0 Å². The van der Waals surface area contributed by atoms with E-state index in [1.54, 1.807) is 30.3 Å². The molecule has 0 aliphatic rings. The minimum Gasteiger partial charge on any atom is -0.347 e. The second kappa shape index (κ2) is 9.62. The smallest absolute Gasteiger partial charge is 0.270 e. The van der Waals surface area contributed by atoms with Crippen LogP contribution in [0.1, 0.15) is 54.9 Å². The lowest BCUT2D eigenvalue weighted by atomic mass is 10.0. The van der Waals surface area contributed by atoms with Crippen LogP contribution in [0.4, 0.5) is 4.39 Å². The van der Waals surface area contributed by atoms with Crippen LogP contribution >= 0.6 is 0 Å². The van der Waals surface area contributed by atoms with Gasteiger partial charge in [-0.1, -0.05) is 30.3 Å². The van der Waals surface area contributed by atoms with Gasteiger partial charge in [0.25, 0.3) is 11.8 Å². The summed E-state index contributed by atoms with van der Waals surface area (Å²) in [5.74, 6) is -1.28. The average molecular weight is 459 g/mol. The van der Waals surface area contributed by atoms with E-state index in [1.807, 2.05) is 13.0 Å². The number of carbonyl (C=O) groups excluding carboxylic acids is 3. The number of benzene rings is 2. The average Bonchev–Trinajstić information content (AvgIpc) is 3.30.